The summed E-state index contributed by atoms with van der Waals surface area (Å²) in [5, 5.41) is 1.26. The molecule has 1 aliphatic rings. The fraction of sp³-hybridized carbons (Fsp3) is 0.263. The highest BCUT2D eigenvalue weighted by Crippen LogP contribution is 2.26. The quantitative estimate of drug-likeness (QED) is 0.735. The van der Waals surface area contributed by atoms with Crippen LogP contribution in [0.15, 0.2) is 36.4 Å². The number of hydrogen-bond acceptors (Lipinski definition) is 3. The average molecular weight is 428 g/mol. The minimum Gasteiger partial charge on any atom is -0.496 e. The van der Waals surface area contributed by atoms with Crippen LogP contribution in [-0.4, -0.2) is 54.9 Å². The van der Waals surface area contributed by atoms with E-state index >= 15 is 0 Å². The van der Waals surface area contributed by atoms with E-state index in [2.05, 4.69) is 0 Å². The molecule has 27 heavy (non-hydrogen) atoms. The third-order valence-electron chi connectivity index (χ3n) is 4.40. The van der Waals surface area contributed by atoms with Gasteiger partial charge in [0.05, 0.1) is 23.3 Å². The first-order valence-electron chi connectivity index (χ1n) is 8.28. The molecule has 0 spiro atoms. The van der Waals surface area contributed by atoms with Crippen molar-refractivity contribution in [3.63, 3.8) is 0 Å². The first-order chi connectivity index (χ1) is 12.9. The van der Waals surface area contributed by atoms with Gasteiger partial charge in [-0.05, 0) is 36.4 Å². The molecule has 0 aromatic heterocycles. The summed E-state index contributed by atoms with van der Waals surface area (Å²) < 4.78 is 5.26. The van der Waals surface area contributed by atoms with Gasteiger partial charge in [-0.2, -0.15) is 0 Å². The zero-order chi connectivity index (χ0) is 19.6. The standard InChI is InChI=1S/C19H17Cl3N2O3/c1-27-17-5-3-13(21)11-15(17)19(26)24-8-6-23(7-9-24)18(25)14-10-12(20)2-4-16(14)22/h2-5,10-11H,6-9H2,1H3. The van der Waals surface area contributed by atoms with Gasteiger partial charge in [-0.15, -0.1) is 0 Å². The molecule has 2 amide bonds. The first kappa shape index (κ1) is 19.8. The summed E-state index contributed by atoms with van der Waals surface area (Å²) in [4.78, 5) is 28.9. The minimum atomic E-state index is -0.199. The van der Waals surface area contributed by atoms with Crippen molar-refractivity contribution in [3.05, 3.63) is 62.6 Å². The number of methoxy groups -OCH3 is 1. The summed E-state index contributed by atoms with van der Waals surface area (Å²) in [7, 11) is 1.51. The van der Waals surface area contributed by atoms with E-state index in [1.807, 2.05) is 0 Å². The molecule has 0 bridgehead atoms. The second-order valence-electron chi connectivity index (χ2n) is 6.05. The second kappa shape index (κ2) is 8.38. The van der Waals surface area contributed by atoms with E-state index in [4.69, 9.17) is 39.5 Å². The number of benzene rings is 2. The summed E-state index contributed by atoms with van der Waals surface area (Å²) in [5.41, 5.74) is 0.767. The average Bonchev–Trinajstić information content (AvgIpc) is 2.69. The molecule has 0 unspecified atom stereocenters. The lowest BCUT2D eigenvalue weighted by Gasteiger charge is -2.35. The van der Waals surface area contributed by atoms with E-state index < -0.39 is 0 Å². The fourth-order valence-electron chi connectivity index (χ4n) is 2.96. The second-order valence-corrected chi connectivity index (χ2v) is 7.33. The summed E-state index contributed by atoms with van der Waals surface area (Å²) in [6.45, 7) is 1.60. The van der Waals surface area contributed by atoms with Crippen LogP contribution in [0.4, 0.5) is 0 Å². The smallest absolute Gasteiger partial charge is 0.257 e. The number of amides is 2. The Balaban J connectivity index is 1.70. The molecule has 0 N–H and O–H groups in total. The van der Waals surface area contributed by atoms with Crippen LogP contribution < -0.4 is 4.74 Å². The highest BCUT2D eigenvalue weighted by Gasteiger charge is 2.28. The number of carbonyl (C=O) groups excluding carboxylic acids is 2. The Bertz CT molecular complexity index is 880. The van der Waals surface area contributed by atoms with E-state index in [0.29, 0.717) is 58.1 Å². The van der Waals surface area contributed by atoms with Crippen molar-refractivity contribution in [2.75, 3.05) is 33.3 Å². The molecule has 2 aromatic carbocycles. The molecule has 5 nitrogen and oxygen atoms in total. The highest BCUT2D eigenvalue weighted by molar-refractivity contribution is 6.35. The topological polar surface area (TPSA) is 49.9 Å². The van der Waals surface area contributed by atoms with Crippen molar-refractivity contribution in [1.82, 2.24) is 9.80 Å². The molecule has 2 aromatic rings. The number of carbonyl (C=O) groups is 2. The van der Waals surface area contributed by atoms with Crippen molar-refractivity contribution in [1.29, 1.82) is 0 Å². The molecule has 142 valence electrons. The van der Waals surface area contributed by atoms with E-state index in [0.717, 1.165) is 0 Å². The van der Waals surface area contributed by atoms with E-state index in [9.17, 15) is 9.59 Å². The molecule has 1 saturated heterocycles. The lowest BCUT2D eigenvalue weighted by Crippen LogP contribution is -2.50. The van der Waals surface area contributed by atoms with Gasteiger partial charge in [-0.1, -0.05) is 34.8 Å². The third-order valence-corrected chi connectivity index (χ3v) is 5.20. The number of piperazine rings is 1. The molecular weight excluding hydrogens is 411 g/mol. The van der Waals surface area contributed by atoms with Crippen LogP contribution in [-0.2, 0) is 0 Å². The third kappa shape index (κ3) is 4.32. The predicted octanol–water partition coefficient (Wildman–Crippen LogP) is 4.25. The van der Waals surface area contributed by atoms with Crippen LogP contribution in [0.1, 0.15) is 20.7 Å². The van der Waals surface area contributed by atoms with Crippen molar-refractivity contribution in [2.24, 2.45) is 0 Å². The van der Waals surface area contributed by atoms with E-state index in [-0.39, 0.29) is 11.8 Å². The molecule has 3 rings (SSSR count). The highest BCUT2D eigenvalue weighted by atomic mass is 35.5. The van der Waals surface area contributed by atoms with Crippen molar-refractivity contribution in [2.45, 2.75) is 0 Å². The largest absolute Gasteiger partial charge is 0.496 e. The Morgan fingerprint density at radius 1 is 0.815 bits per heavy atom. The molecule has 0 aliphatic carbocycles. The normalized spacial score (nSPS) is 14.2. The van der Waals surface area contributed by atoms with Crippen molar-refractivity contribution < 1.29 is 14.3 Å². The maximum Gasteiger partial charge on any atom is 0.257 e. The lowest BCUT2D eigenvalue weighted by molar-refractivity contribution is 0.0533. The predicted molar refractivity (Wildman–Crippen MR) is 106 cm³/mol. The monoisotopic (exact) mass is 426 g/mol. The van der Waals surface area contributed by atoms with Crippen LogP contribution in [0.5, 0.6) is 5.75 Å². The van der Waals surface area contributed by atoms with Gasteiger partial charge in [-0.3, -0.25) is 9.59 Å². The fourth-order valence-corrected chi connectivity index (χ4v) is 3.50. The van der Waals surface area contributed by atoms with Crippen LogP contribution in [0, 0.1) is 0 Å². The number of hydrogen-bond donors (Lipinski definition) is 0. The van der Waals surface area contributed by atoms with Gasteiger partial charge < -0.3 is 14.5 Å². The van der Waals surface area contributed by atoms with Gasteiger partial charge >= 0.3 is 0 Å². The Hall–Kier alpha value is -1.95. The number of ether oxygens (including phenoxy) is 1. The van der Waals surface area contributed by atoms with Crippen LogP contribution >= 0.6 is 34.8 Å². The Labute approximate surface area is 172 Å². The van der Waals surface area contributed by atoms with Crippen LogP contribution in [0.2, 0.25) is 15.1 Å². The molecule has 1 heterocycles. The van der Waals surface area contributed by atoms with Gasteiger partial charge in [0.2, 0.25) is 0 Å². The zero-order valence-electron chi connectivity index (χ0n) is 14.5. The molecule has 1 fully saturated rings. The maximum atomic E-state index is 12.8. The van der Waals surface area contributed by atoms with Crippen molar-refractivity contribution >= 4 is 46.6 Å². The molecule has 0 saturated carbocycles. The molecule has 0 radical (unpaired) electrons. The summed E-state index contributed by atoms with van der Waals surface area (Å²) in [5.74, 6) is 0.0887. The summed E-state index contributed by atoms with van der Waals surface area (Å²) in [6, 6.07) is 9.71. The van der Waals surface area contributed by atoms with E-state index in [1.54, 1.807) is 46.2 Å². The molecule has 0 atom stereocenters. The van der Waals surface area contributed by atoms with Crippen LogP contribution in [0.25, 0.3) is 0 Å². The SMILES string of the molecule is COc1ccc(Cl)cc1C(=O)N1CCN(C(=O)c2cc(Cl)ccc2Cl)CC1. The minimum absolute atomic E-state index is 0.178. The molecule has 8 heteroatoms. The molecule has 1 aliphatic heterocycles. The zero-order valence-corrected chi connectivity index (χ0v) is 16.8. The van der Waals surface area contributed by atoms with Crippen LogP contribution in [0.3, 0.4) is 0 Å². The summed E-state index contributed by atoms with van der Waals surface area (Å²) >= 11 is 18.1. The van der Waals surface area contributed by atoms with Gasteiger partial charge in [0.15, 0.2) is 0 Å². The van der Waals surface area contributed by atoms with Gasteiger partial charge in [0.1, 0.15) is 5.75 Å². The van der Waals surface area contributed by atoms with Gasteiger partial charge in [-0.25, -0.2) is 0 Å². The number of nitrogens with zero attached hydrogens (tertiary/aromatic N) is 2. The number of halogens is 3. The number of rotatable bonds is 3. The van der Waals surface area contributed by atoms with Crippen molar-refractivity contribution in [3.8, 4) is 5.75 Å². The van der Waals surface area contributed by atoms with Gasteiger partial charge in [0.25, 0.3) is 11.8 Å². The van der Waals surface area contributed by atoms with E-state index in [1.165, 1.54) is 7.11 Å². The summed E-state index contributed by atoms with van der Waals surface area (Å²) in [6.07, 6.45) is 0. The Morgan fingerprint density at radius 2 is 1.30 bits per heavy atom. The molecular formula is C19H17Cl3N2O3. The first-order valence-corrected chi connectivity index (χ1v) is 9.41. The Kier molecular flexibility index (Phi) is 6.15. The van der Waals surface area contributed by atoms with Gasteiger partial charge in [0, 0.05) is 36.2 Å². The maximum absolute atomic E-state index is 12.8. The lowest BCUT2D eigenvalue weighted by atomic mass is 10.1. The Morgan fingerprint density at radius 3 is 1.85 bits per heavy atom.